The van der Waals surface area contributed by atoms with E-state index in [9.17, 15) is 4.79 Å². The Morgan fingerprint density at radius 1 is 1.15 bits per heavy atom. The van der Waals surface area contributed by atoms with Crippen molar-refractivity contribution in [3.63, 3.8) is 0 Å². The number of hydrogen-bond acceptors (Lipinski definition) is 3. The average Bonchev–Trinajstić information content (AvgIpc) is 3.07. The molecule has 1 aromatic heterocycles. The van der Waals surface area contributed by atoms with Gasteiger partial charge < -0.3 is 15.5 Å². The molecular weight excluding hydrogens is 344 g/mol. The van der Waals surface area contributed by atoms with Crippen molar-refractivity contribution in [2.24, 2.45) is 4.99 Å². The Kier molecular flexibility index (Phi) is 8.15. The van der Waals surface area contributed by atoms with E-state index in [1.807, 2.05) is 49.1 Å². The second-order valence-corrected chi connectivity index (χ2v) is 6.97. The number of thiophene rings is 1. The molecule has 0 unspecified atom stereocenters. The molecule has 0 aliphatic rings. The molecule has 0 radical (unpaired) electrons. The van der Waals surface area contributed by atoms with Gasteiger partial charge in [-0.25, -0.2) is 4.99 Å². The quantitative estimate of drug-likeness (QED) is 0.553. The zero-order valence-corrected chi connectivity index (χ0v) is 16.6. The molecule has 2 aromatic rings. The summed E-state index contributed by atoms with van der Waals surface area (Å²) in [5.41, 5.74) is 2.40. The van der Waals surface area contributed by atoms with E-state index >= 15 is 0 Å². The number of hydrogen-bond donors (Lipinski definition) is 2. The summed E-state index contributed by atoms with van der Waals surface area (Å²) in [7, 11) is 0. The molecule has 26 heavy (non-hydrogen) atoms. The standard InChI is InChI=1S/C20H28N4OS/c1-4-21-20(22-13-18-16(3)11-12-26-18)23-14-19(25)24(5-2)15-17-9-7-6-8-10-17/h6-12H,4-5,13-15H2,1-3H3,(H2,21,22,23). The van der Waals surface area contributed by atoms with E-state index in [4.69, 9.17) is 0 Å². The summed E-state index contributed by atoms with van der Waals surface area (Å²) in [5, 5.41) is 8.59. The number of carbonyl (C=O) groups excluding carboxylic acids is 1. The molecule has 2 rings (SSSR count). The van der Waals surface area contributed by atoms with E-state index in [1.165, 1.54) is 10.4 Å². The smallest absolute Gasteiger partial charge is 0.244 e. The molecule has 1 aromatic carbocycles. The second-order valence-electron chi connectivity index (χ2n) is 5.97. The SMILES string of the molecule is CCNC(=NCC(=O)N(CC)Cc1ccccc1)NCc1sccc1C. The van der Waals surface area contributed by atoms with Gasteiger partial charge in [0.1, 0.15) is 6.54 Å². The summed E-state index contributed by atoms with van der Waals surface area (Å²) in [5.74, 6) is 0.699. The highest BCUT2D eigenvalue weighted by Gasteiger charge is 2.12. The van der Waals surface area contributed by atoms with Crippen LogP contribution in [0.3, 0.4) is 0 Å². The van der Waals surface area contributed by atoms with E-state index < -0.39 is 0 Å². The van der Waals surface area contributed by atoms with Crippen molar-refractivity contribution in [1.82, 2.24) is 15.5 Å². The largest absolute Gasteiger partial charge is 0.357 e. The molecule has 0 aliphatic carbocycles. The normalized spacial score (nSPS) is 11.3. The van der Waals surface area contributed by atoms with Crippen LogP contribution < -0.4 is 10.6 Å². The molecule has 0 fully saturated rings. The fourth-order valence-electron chi connectivity index (χ4n) is 2.52. The first-order valence-electron chi connectivity index (χ1n) is 9.00. The van der Waals surface area contributed by atoms with Crippen LogP contribution in [0.1, 0.15) is 29.9 Å². The Balaban J connectivity index is 1.93. The number of benzene rings is 1. The van der Waals surface area contributed by atoms with E-state index in [0.29, 0.717) is 25.6 Å². The highest BCUT2D eigenvalue weighted by molar-refractivity contribution is 7.10. The van der Waals surface area contributed by atoms with Gasteiger partial charge in [-0.15, -0.1) is 11.3 Å². The average molecular weight is 373 g/mol. The van der Waals surface area contributed by atoms with E-state index in [-0.39, 0.29) is 12.5 Å². The third kappa shape index (κ3) is 6.19. The highest BCUT2D eigenvalue weighted by Crippen LogP contribution is 2.14. The van der Waals surface area contributed by atoms with Gasteiger partial charge >= 0.3 is 0 Å². The van der Waals surface area contributed by atoms with Crippen molar-refractivity contribution in [1.29, 1.82) is 0 Å². The lowest BCUT2D eigenvalue weighted by Gasteiger charge is -2.20. The van der Waals surface area contributed by atoms with E-state index in [0.717, 1.165) is 12.1 Å². The lowest BCUT2D eigenvalue weighted by Crippen LogP contribution is -2.38. The topological polar surface area (TPSA) is 56.7 Å². The minimum absolute atomic E-state index is 0.0286. The first-order valence-corrected chi connectivity index (χ1v) is 9.88. The molecule has 1 amide bonds. The Morgan fingerprint density at radius 2 is 1.92 bits per heavy atom. The third-order valence-corrected chi connectivity index (χ3v) is 5.07. The van der Waals surface area contributed by atoms with Crippen LogP contribution >= 0.6 is 11.3 Å². The van der Waals surface area contributed by atoms with Crippen molar-refractivity contribution in [2.45, 2.75) is 33.9 Å². The van der Waals surface area contributed by atoms with E-state index in [2.05, 4.69) is 34.0 Å². The van der Waals surface area contributed by atoms with Gasteiger partial charge in [-0.3, -0.25) is 4.79 Å². The van der Waals surface area contributed by atoms with Gasteiger partial charge in [-0.1, -0.05) is 30.3 Å². The molecule has 2 N–H and O–H groups in total. The maximum Gasteiger partial charge on any atom is 0.244 e. The Bertz CT molecular complexity index is 712. The zero-order valence-electron chi connectivity index (χ0n) is 15.8. The minimum atomic E-state index is 0.0286. The van der Waals surface area contributed by atoms with Crippen LogP contribution in [0.15, 0.2) is 46.8 Å². The van der Waals surface area contributed by atoms with Gasteiger partial charge in [0.2, 0.25) is 5.91 Å². The van der Waals surface area contributed by atoms with Crippen LogP contribution in [0.2, 0.25) is 0 Å². The van der Waals surface area contributed by atoms with Crippen molar-refractivity contribution in [3.8, 4) is 0 Å². The summed E-state index contributed by atoms with van der Waals surface area (Å²) in [4.78, 5) is 20.1. The molecule has 0 atom stereocenters. The first kappa shape index (κ1) is 20.0. The third-order valence-electron chi connectivity index (χ3n) is 4.05. The van der Waals surface area contributed by atoms with Crippen molar-refractivity contribution < 1.29 is 4.79 Å². The number of amides is 1. The molecule has 0 spiro atoms. The summed E-state index contributed by atoms with van der Waals surface area (Å²) < 4.78 is 0. The van der Waals surface area contributed by atoms with Crippen LogP contribution in [0.5, 0.6) is 0 Å². The van der Waals surface area contributed by atoms with Crippen molar-refractivity contribution in [2.75, 3.05) is 19.6 Å². The fraction of sp³-hybridized carbons (Fsp3) is 0.400. The number of carbonyl (C=O) groups is 1. The van der Waals surface area contributed by atoms with Crippen LogP contribution in [-0.2, 0) is 17.9 Å². The Morgan fingerprint density at radius 3 is 2.54 bits per heavy atom. The number of nitrogens with one attached hydrogen (secondary N) is 2. The van der Waals surface area contributed by atoms with Gasteiger partial charge in [0, 0.05) is 24.5 Å². The molecule has 6 heteroatoms. The summed E-state index contributed by atoms with van der Waals surface area (Å²) >= 11 is 1.72. The number of guanidine groups is 1. The molecule has 5 nitrogen and oxygen atoms in total. The number of aliphatic imine (C=N–C) groups is 1. The van der Waals surface area contributed by atoms with Crippen molar-refractivity contribution in [3.05, 3.63) is 57.8 Å². The Hall–Kier alpha value is -2.34. The van der Waals surface area contributed by atoms with Crippen LogP contribution in [0, 0.1) is 6.92 Å². The Labute approximate surface area is 160 Å². The maximum absolute atomic E-state index is 12.5. The second kappa shape index (κ2) is 10.6. The number of likely N-dealkylation sites (N-methyl/N-ethyl adjacent to an activating group) is 1. The fourth-order valence-corrected chi connectivity index (χ4v) is 3.36. The van der Waals surface area contributed by atoms with Crippen LogP contribution in [0.25, 0.3) is 0 Å². The molecule has 0 bridgehead atoms. The van der Waals surface area contributed by atoms with Gasteiger partial charge in [0.05, 0.1) is 6.54 Å². The molecule has 1 heterocycles. The van der Waals surface area contributed by atoms with E-state index in [1.54, 1.807) is 11.3 Å². The van der Waals surface area contributed by atoms with Crippen LogP contribution in [0.4, 0.5) is 0 Å². The zero-order chi connectivity index (χ0) is 18.8. The maximum atomic E-state index is 12.5. The number of aryl methyl sites for hydroxylation is 1. The number of nitrogens with zero attached hydrogens (tertiary/aromatic N) is 2. The van der Waals surface area contributed by atoms with Gasteiger partial charge in [0.25, 0.3) is 0 Å². The number of rotatable bonds is 8. The lowest BCUT2D eigenvalue weighted by atomic mass is 10.2. The van der Waals surface area contributed by atoms with Crippen molar-refractivity contribution >= 4 is 23.2 Å². The summed E-state index contributed by atoms with van der Waals surface area (Å²) in [6, 6.07) is 12.1. The van der Waals surface area contributed by atoms with Gasteiger partial charge in [0.15, 0.2) is 5.96 Å². The summed E-state index contributed by atoms with van der Waals surface area (Å²) in [6.07, 6.45) is 0. The molecule has 0 saturated carbocycles. The predicted molar refractivity (Wildman–Crippen MR) is 109 cm³/mol. The van der Waals surface area contributed by atoms with Gasteiger partial charge in [-0.05, 0) is 43.3 Å². The van der Waals surface area contributed by atoms with Gasteiger partial charge in [-0.2, -0.15) is 0 Å². The molecular formula is C20H28N4OS. The molecule has 140 valence electrons. The lowest BCUT2D eigenvalue weighted by molar-refractivity contribution is -0.130. The predicted octanol–water partition coefficient (Wildman–Crippen LogP) is 3.16. The highest BCUT2D eigenvalue weighted by atomic mass is 32.1. The molecule has 0 aliphatic heterocycles. The molecule has 0 saturated heterocycles. The van der Waals surface area contributed by atoms with Crippen LogP contribution in [-0.4, -0.2) is 36.4 Å². The monoisotopic (exact) mass is 372 g/mol. The minimum Gasteiger partial charge on any atom is -0.357 e. The first-order chi connectivity index (χ1) is 12.6. The summed E-state index contributed by atoms with van der Waals surface area (Å²) in [6.45, 7) is 9.00.